The third-order valence-electron chi connectivity index (χ3n) is 4.58. The summed E-state index contributed by atoms with van der Waals surface area (Å²) in [4.78, 5) is 31.3. The van der Waals surface area contributed by atoms with Crippen molar-refractivity contribution in [3.8, 4) is 0 Å². The van der Waals surface area contributed by atoms with Crippen molar-refractivity contribution in [3.05, 3.63) is 75.3 Å². The van der Waals surface area contributed by atoms with Crippen LogP contribution in [0.25, 0.3) is 10.9 Å². The van der Waals surface area contributed by atoms with E-state index >= 15 is 0 Å². The first-order valence-corrected chi connectivity index (χ1v) is 8.49. The molecule has 0 unspecified atom stereocenters. The molecule has 25 heavy (non-hydrogen) atoms. The fourth-order valence-electron chi connectivity index (χ4n) is 3.20. The molecular weight excluding hydrogens is 338 g/mol. The van der Waals surface area contributed by atoms with Gasteiger partial charge in [-0.15, -0.1) is 0 Å². The topological polar surface area (TPSA) is 55.2 Å². The van der Waals surface area contributed by atoms with Crippen molar-refractivity contribution >= 4 is 28.4 Å². The van der Waals surface area contributed by atoms with Crippen LogP contribution in [0.5, 0.6) is 0 Å². The molecule has 3 aromatic rings. The molecular formula is C19H16ClN3O2. The Morgan fingerprint density at radius 2 is 1.96 bits per heavy atom. The highest BCUT2D eigenvalue weighted by molar-refractivity contribution is 6.31. The van der Waals surface area contributed by atoms with E-state index in [1.165, 1.54) is 16.5 Å². The summed E-state index contributed by atoms with van der Waals surface area (Å²) >= 11 is 5.97. The van der Waals surface area contributed by atoms with Gasteiger partial charge in [-0.1, -0.05) is 35.9 Å². The summed E-state index contributed by atoms with van der Waals surface area (Å²) in [6, 6.07) is 13.1. The molecule has 0 spiro atoms. The van der Waals surface area contributed by atoms with E-state index < -0.39 is 0 Å². The summed E-state index contributed by atoms with van der Waals surface area (Å²) in [5.41, 5.74) is 2.77. The summed E-state index contributed by atoms with van der Waals surface area (Å²) in [6.45, 7) is 1.23. The number of benzene rings is 2. The van der Waals surface area contributed by atoms with Crippen LogP contribution in [-0.4, -0.2) is 26.9 Å². The number of nitrogens with zero attached hydrogens (tertiary/aromatic N) is 3. The summed E-state index contributed by atoms with van der Waals surface area (Å²) < 4.78 is 1.35. The minimum Gasteiger partial charge on any atom is -0.336 e. The van der Waals surface area contributed by atoms with Crippen LogP contribution < -0.4 is 5.56 Å². The highest BCUT2D eigenvalue weighted by Gasteiger charge is 2.21. The molecule has 0 saturated carbocycles. The lowest BCUT2D eigenvalue weighted by atomic mass is 10.00. The fraction of sp³-hybridized carbons (Fsp3) is 0.211. The van der Waals surface area contributed by atoms with Gasteiger partial charge < -0.3 is 4.90 Å². The lowest BCUT2D eigenvalue weighted by Crippen LogP contribution is -2.39. The summed E-state index contributed by atoms with van der Waals surface area (Å²) in [7, 11) is 0. The van der Waals surface area contributed by atoms with E-state index in [9.17, 15) is 9.59 Å². The van der Waals surface area contributed by atoms with Crippen LogP contribution in [0.1, 0.15) is 11.1 Å². The molecule has 6 heteroatoms. The van der Waals surface area contributed by atoms with Crippen LogP contribution in [0.15, 0.2) is 53.6 Å². The van der Waals surface area contributed by atoms with Crippen molar-refractivity contribution in [2.45, 2.75) is 19.5 Å². The van der Waals surface area contributed by atoms with Gasteiger partial charge in [0, 0.05) is 18.1 Å². The van der Waals surface area contributed by atoms with Crippen LogP contribution >= 0.6 is 11.6 Å². The zero-order valence-electron chi connectivity index (χ0n) is 13.5. The maximum atomic E-state index is 12.6. The van der Waals surface area contributed by atoms with Crippen molar-refractivity contribution in [3.63, 3.8) is 0 Å². The molecule has 0 bridgehead atoms. The molecule has 4 rings (SSSR count). The second kappa shape index (κ2) is 6.33. The van der Waals surface area contributed by atoms with E-state index in [1.807, 2.05) is 18.2 Å². The Kier molecular flexibility index (Phi) is 4.01. The Balaban J connectivity index is 1.58. The van der Waals surface area contributed by atoms with Gasteiger partial charge in [-0.05, 0) is 35.7 Å². The van der Waals surface area contributed by atoms with E-state index in [4.69, 9.17) is 11.6 Å². The largest absolute Gasteiger partial charge is 0.336 e. The van der Waals surface area contributed by atoms with Gasteiger partial charge in [0.1, 0.15) is 6.54 Å². The van der Waals surface area contributed by atoms with Gasteiger partial charge >= 0.3 is 0 Å². The first-order valence-electron chi connectivity index (χ1n) is 8.11. The molecule has 126 valence electrons. The number of hydrogen-bond acceptors (Lipinski definition) is 3. The summed E-state index contributed by atoms with van der Waals surface area (Å²) in [6.07, 6.45) is 2.26. The summed E-state index contributed by atoms with van der Waals surface area (Å²) in [5.74, 6) is -0.0835. The van der Waals surface area contributed by atoms with Crippen LogP contribution in [0.2, 0.25) is 5.02 Å². The van der Waals surface area contributed by atoms with E-state index in [0.717, 1.165) is 12.0 Å². The number of amides is 1. The van der Waals surface area contributed by atoms with E-state index in [1.54, 1.807) is 23.1 Å². The fourth-order valence-corrected chi connectivity index (χ4v) is 3.37. The average Bonchev–Trinajstić information content (AvgIpc) is 2.64. The number of rotatable bonds is 2. The van der Waals surface area contributed by atoms with Gasteiger partial charge in [-0.2, -0.15) is 0 Å². The molecule has 0 saturated heterocycles. The maximum absolute atomic E-state index is 12.6. The maximum Gasteiger partial charge on any atom is 0.261 e. The second-order valence-corrected chi connectivity index (χ2v) is 6.61. The van der Waals surface area contributed by atoms with E-state index in [2.05, 4.69) is 11.1 Å². The normalized spacial score (nSPS) is 13.7. The number of carbonyl (C=O) groups excluding carboxylic acids is 1. The monoisotopic (exact) mass is 353 g/mol. The van der Waals surface area contributed by atoms with Crippen molar-refractivity contribution < 1.29 is 4.79 Å². The Hall–Kier alpha value is -2.66. The van der Waals surface area contributed by atoms with Crippen LogP contribution in [0.3, 0.4) is 0 Å². The molecule has 0 N–H and O–H groups in total. The zero-order chi connectivity index (χ0) is 17.4. The van der Waals surface area contributed by atoms with Gasteiger partial charge in [0.2, 0.25) is 5.91 Å². The second-order valence-electron chi connectivity index (χ2n) is 6.17. The molecule has 2 heterocycles. The quantitative estimate of drug-likeness (QED) is 0.711. The van der Waals surface area contributed by atoms with Gasteiger partial charge in [-0.25, -0.2) is 4.98 Å². The Bertz CT molecular complexity index is 1030. The molecule has 1 aliphatic heterocycles. The number of hydrogen-bond donors (Lipinski definition) is 0. The van der Waals surface area contributed by atoms with E-state index in [0.29, 0.717) is 29.0 Å². The van der Waals surface area contributed by atoms with Crippen LogP contribution in [-0.2, 0) is 24.3 Å². The molecule has 0 atom stereocenters. The molecule has 1 amide bonds. The number of halogens is 1. The van der Waals surface area contributed by atoms with Crippen LogP contribution in [0, 0.1) is 0 Å². The third-order valence-corrected chi connectivity index (χ3v) is 4.81. The standard InChI is InChI=1S/C19H16ClN3O2/c20-15-5-6-17-16(9-15)19(25)23(12-21-17)11-18(24)22-8-7-13-3-1-2-4-14(13)10-22/h1-6,9,12H,7-8,10-11H2. The number of aromatic nitrogens is 2. The summed E-state index contributed by atoms with van der Waals surface area (Å²) in [5, 5.41) is 0.898. The minimum absolute atomic E-state index is 0.0174. The minimum atomic E-state index is -0.252. The van der Waals surface area contributed by atoms with Crippen molar-refractivity contribution in [2.24, 2.45) is 0 Å². The predicted molar refractivity (Wildman–Crippen MR) is 96.6 cm³/mol. The lowest BCUT2D eigenvalue weighted by molar-refractivity contribution is -0.132. The lowest BCUT2D eigenvalue weighted by Gasteiger charge is -2.29. The van der Waals surface area contributed by atoms with Crippen molar-refractivity contribution in [2.75, 3.05) is 6.54 Å². The number of fused-ring (bicyclic) bond motifs is 2. The molecule has 0 radical (unpaired) electrons. The van der Waals surface area contributed by atoms with Crippen LogP contribution in [0.4, 0.5) is 0 Å². The first-order chi connectivity index (χ1) is 12.1. The molecule has 0 fully saturated rings. The highest BCUT2D eigenvalue weighted by atomic mass is 35.5. The predicted octanol–water partition coefficient (Wildman–Crippen LogP) is 2.63. The van der Waals surface area contributed by atoms with E-state index in [-0.39, 0.29) is 18.0 Å². The SMILES string of the molecule is O=C(Cn1cnc2ccc(Cl)cc2c1=O)N1CCc2ccccc2C1. The smallest absolute Gasteiger partial charge is 0.261 e. The number of carbonyl (C=O) groups is 1. The molecule has 5 nitrogen and oxygen atoms in total. The van der Waals surface area contributed by atoms with Gasteiger partial charge in [0.25, 0.3) is 5.56 Å². The third kappa shape index (κ3) is 3.03. The van der Waals surface area contributed by atoms with Crippen molar-refractivity contribution in [1.82, 2.24) is 14.5 Å². The molecule has 2 aromatic carbocycles. The first kappa shape index (κ1) is 15.8. The Labute approximate surface area is 149 Å². The van der Waals surface area contributed by atoms with Gasteiger partial charge in [0.15, 0.2) is 0 Å². The van der Waals surface area contributed by atoms with Gasteiger partial charge in [0.05, 0.1) is 17.2 Å². The highest BCUT2D eigenvalue weighted by Crippen LogP contribution is 2.19. The Morgan fingerprint density at radius 3 is 2.80 bits per heavy atom. The molecule has 0 aliphatic carbocycles. The van der Waals surface area contributed by atoms with Crippen molar-refractivity contribution in [1.29, 1.82) is 0 Å². The Morgan fingerprint density at radius 1 is 1.16 bits per heavy atom. The van der Waals surface area contributed by atoms with Gasteiger partial charge in [-0.3, -0.25) is 14.2 Å². The molecule has 1 aliphatic rings. The molecule has 1 aromatic heterocycles. The average molecular weight is 354 g/mol. The zero-order valence-corrected chi connectivity index (χ0v) is 14.2.